The predicted molar refractivity (Wildman–Crippen MR) is 114 cm³/mol. The lowest BCUT2D eigenvalue weighted by Gasteiger charge is -2.31. The van der Waals surface area contributed by atoms with Crippen LogP contribution in [0.3, 0.4) is 0 Å². The van der Waals surface area contributed by atoms with Gasteiger partial charge in [-0.3, -0.25) is 19.1 Å². The van der Waals surface area contributed by atoms with Crippen LogP contribution in [0.15, 0.2) is 30.3 Å². The summed E-state index contributed by atoms with van der Waals surface area (Å²) < 4.78 is 46.5. The molecule has 1 atom stereocenters. The van der Waals surface area contributed by atoms with Crippen LogP contribution >= 0.6 is 0 Å². The first kappa shape index (κ1) is 23.8. The van der Waals surface area contributed by atoms with Gasteiger partial charge in [0.2, 0.25) is 0 Å². The minimum atomic E-state index is -4.52. The summed E-state index contributed by atoms with van der Waals surface area (Å²) in [5, 5.41) is 4.26. The molecule has 0 radical (unpaired) electrons. The maximum Gasteiger partial charge on any atom is 0.416 e. The average Bonchev–Trinajstić information content (AvgIpc) is 3.25. The van der Waals surface area contributed by atoms with E-state index in [9.17, 15) is 27.6 Å². The van der Waals surface area contributed by atoms with E-state index in [-0.39, 0.29) is 55.7 Å². The molecule has 3 heterocycles. The number of esters is 1. The normalized spacial score (nSPS) is 18.6. The molecule has 0 spiro atoms. The molecule has 2 aromatic rings. The number of aromatic nitrogens is 2. The van der Waals surface area contributed by atoms with E-state index < -0.39 is 29.5 Å². The van der Waals surface area contributed by atoms with Crippen molar-refractivity contribution in [2.24, 2.45) is 5.92 Å². The Hall–Kier alpha value is -3.37. The highest BCUT2D eigenvalue weighted by Gasteiger charge is 2.36. The molecule has 0 aliphatic carbocycles. The summed E-state index contributed by atoms with van der Waals surface area (Å²) in [7, 11) is 0. The first-order valence-corrected chi connectivity index (χ1v) is 11.2. The van der Waals surface area contributed by atoms with Crippen LogP contribution in [-0.2, 0) is 28.8 Å². The van der Waals surface area contributed by atoms with Crippen LogP contribution in [0.2, 0.25) is 0 Å². The molecule has 182 valence electrons. The number of fused-ring (bicyclic) bond motifs is 1. The van der Waals surface area contributed by atoms with Crippen molar-refractivity contribution >= 4 is 17.8 Å². The van der Waals surface area contributed by atoms with Crippen molar-refractivity contribution in [2.75, 3.05) is 26.2 Å². The number of alkyl halides is 3. The summed E-state index contributed by atoms with van der Waals surface area (Å²) in [6, 6.07) is 6.54. The number of hydrogen-bond acceptors (Lipinski definition) is 5. The fourth-order valence-electron chi connectivity index (χ4n) is 4.41. The van der Waals surface area contributed by atoms with E-state index in [1.165, 1.54) is 38.7 Å². The molecular formula is C23H25F3N4O4. The number of carbonyl (C=O) groups excluding carboxylic acids is 3. The Morgan fingerprint density at radius 3 is 2.68 bits per heavy atom. The standard InChI is InChI=1S/C23H25F3N4O4/c1-2-34-22(33)16-7-5-9-28(14-16)20(31)18-12-19-21(32)29(10-11-30(19)27-18)13-15-6-3-4-8-17(15)23(24,25)26/h3-4,6,8,12,16H,2,5,7,9-11,13-14H2,1H3/t16-/m1/s1. The summed E-state index contributed by atoms with van der Waals surface area (Å²) in [4.78, 5) is 41.0. The number of amides is 2. The number of ether oxygens (including phenoxy) is 1. The van der Waals surface area contributed by atoms with Crippen LogP contribution in [0.1, 0.15) is 51.9 Å². The first-order chi connectivity index (χ1) is 16.2. The van der Waals surface area contributed by atoms with Gasteiger partial charge in [-0.1, -0.05) is 18.2 Å². The summed E-state index contributed by atoms with van der Waals surface area (Å²) in [5.74, 6) is -1.62. The molecule has 2 amide bonds. The molecule has 0 bridgehead atoms. The smallest absolute Gasteiger partial charge is 0.416 e. The maximum atomic E-state index is 13.3. The molecule has 8 nitrogen and oxygen atoms in total. The number of hydrogen-bond donors (Lipinski definition) is 0. The van der Waals surface area contributed by atoms with E-state index >= 15 is 0 Å². The quantitative estimate of drug-likeness (QED) is 0.617. The summed E-state index contributed by atoms with van der Waals surface area (Å²) in [6.45, 7) is 2.90. The number of rotatable bonds is 5. The van der Waals surface area contributed by atoms with Crippen molar-refractivity contribution in [3.8, 4) is 0 Å². The molecule has 2 aliphatic rings. The Balaban J connectivity index is 1.49. The molecule has 0 unspecified atom stereocenters. The number of benzene rings is 1. The Morgan fingerprint density at radius 2 is 1.94 bits per heavy atom. The van der Waals surface area contributed by atoms with Crippen molar-refractivity contribution < 1.29 is 32.3 Å². The number of piperidine rings is 1. The average molecular weight is 478 g/mol. The molecular weight excluding hydrogens is 453 g/mol. The molecule has 34 heavy (non-hydrogen) atoms. The maximum absolute atomic E-state index is 13.3. The second kappa shape index (κ2) is 9.47. The molecule has 2 aliphatic heterocycles. The largest absolute Gasteiger partial charge is 0.466 e. The van der Waals surface area contributed by atoms with Gasteiger partial charge in [0.15, 0.2) is 5.69 Å². The zero-order chi connectivity index (χ0) is 24.5. The van der Waals surface area contributed by atoms with Gasteiger partial charge in [0.1, 0.15) is 5.69 Å². The highest BCUT2D eigenvalue weighted by atomic mass is 19.4. The third-order valence-electron chi connectivity index (χ3n) is 6.10. The minimum absolute atomic E-state index is 0.00550. The van der Waals surface area contributed by atoms with Gasteiger partial charge in [0.25, 0.3) is 11.8 Å². The Morgan fingerprint density at radius 1 is 1.18 bits per heavy atom. The van der Waals surface area contributed by atoms with E-state index in [0.717, 1.165) is 6.07 Å². The van der Waals surface area contributed by atoms with Crippen LogP contribution in [0.4, 0.5) is 13.2 Å². The van der Waals surface area contributed by atoms with Crippen molar-refractivity contribution in [1.29, 1.82) is 0 Å². The molecule has 1 aromatic carbocycles. The first-order valence-electron chi connectivity index (χ1n) is 11.2. The highest BCUT2D eigenvalue weighted by Crippen LogP contribution is 2.33. The van der Waals surface area contributed by atoms with Crippen molar-refractivity contribution in [3.63, 3.8) is 0 Å². The van der Waals surface area contributed by atoms with Crippen LogP contribution < -0.4 is 0 Å². The van der Waals surface area contributed by atoms with Crippen LogP contribution in [0.5, 0.6) is 0 Å². The summed E-state index contributed by atoms with van der Waals surface area (Å²) >= 11 is 0. The topological polar surface area (TPSA) is 84.7 Å². The minimum Gasteiger partial charge on any atom is -0.466 e. The van der Waals surface area contributed by atoms with Crippen LogP contribution in [0, 0.1) is 5.92 Å². The molecule has 0 saturated carbocycles. The van der Waals surface area contributed by atoms with E-state index in [2.05, 4.69) is 5.10 Å². The summed E-state index contributed by atoms with van der Waals surface area (Å²) in [6.07, 6.45) is -3.24. The SMILES string of the molecule is CCOC(=O)[C@@H]1CCCN(C(=O)c2cc3n(n2)CCN(Cc2ccccc2C(F)(F)F)C3=O)C1. The molecule has 1 aromatic heterocycles. The van der Waals surface area contributed by atoms with E-state index in [1.807, 2.05) is 0 Å². The van der Waals surface area contributed by atoms with E-state index in [1.54, 1.807) is 6.92 Å². The van der Waals surface area contributed by atoms with Crippen LogP contribution in [-0.4, -0.2) is 63.6 Å². The monoisotopic (exact) mass is 478 g/mol. The lowest BCUT2D eigenvalue weighted by Crippen LogP contribution is -2.43. The molecule has 1 fully saturated rings. The predicted octanol–water partition coefficient (Wildman–Crippen LogP) is 2.97. The third kappa shape index (κ3) is 4.78. The van der Waals surface area contributed by atoms with Crippen molar-refractivity contribution in [3.05, 3.63) is 52.8 Å². The zero-order valence-electron chi connectivity index (χ0n) is 18.7. The Bertz CT molecular complexity index is 1100. The number of likely N-dealkylation sites (tertiary alicyclic amines) is 1. The molecule has 4 rings (SSSR count). The fourth-order valence-corrected chi connectivity index (χ4v) is 4.41. The van der Waals surface area contributed by atoms with Gasteiger partial charge in [0.05, 0.1) is 24.6 Å². The van der Waals surface area contributed by atoms with Gasteiger partial charge in [-0.25, -0.2) is 0 Å². The Kier molecular flexibility index (Phi) is 6.63. The van der Waals surface area contributed by atoms with Gasteiger partial charge in [-0.05, 0) is 31.4 Å². The van der Waals surface area contributed by atoms with Crippen LogP contribution in [0.25, 0.3) is 0 Å². The van der Waals surface area contributed by atoms with Gasteiger partial charge in [-0.2, -0.15) is 18.3 Å². The van der Waals surface area contributed by atoms with Gasteiger partial charge in [0, 0.05) is 32.2 Å². The second-order valence-electron chi connectivity index (χ2n) is 8.36. The second-order valence-corrected chi connectivity index (χ2v) is 8.36. The van der Waals surface area contributed by atoms with Gasteiger partial charge in [-0.15, -0.1) is 0 Å². The number of nitrogens with zero attached hydrogens (tertiary/aromatic N) is 4. The lowest BCUT2D eigenvalue weighted by molar-refractivity contribution is -0.149. The zero-order valence-corrected chi connectivity index (χ0v) is 18.7. The fraction of sp³-hybridized carbons (Fsp3) is 0.478. The van der Waals surface area contributed by atoms with Crippen molar-refractivity contribution in [1.82, 2.24) is 19.6 Å². The number of halogens is 3. The third-order valence-corrected chi connectivity index (χ3v) is 6.10. The lowest BCUT2D eigenvalue weighted by atomic mass is 9.98. The van der Waals surface area contributed by atoms with Gasteiger partial charge < -0.3 is 14.5 Å². The van der Waals surface area contributed by atoms with E-state index in [0.29, 0.717) is 19.4 Å². The Labute approximate surface area is 194 Å². The summed E-state index contributed by atoms with van der Waals surface area (Å²) in [5.41, 5.74) is -0.548. The van der Waals surface area contributed by atoms with Crippen molar-refractivity contribution in [2.45, 2.75) is 39.0 Å². The molecule has 11 heteroatoms. The molecule has 0 N–H and O–H groups in total. The number of carbonyl (C=O) groups is 3. The molecule has 1 saturated heterocycles. The van der Waals surface area contributed by atoms with Gasteiger partial charge >= 0.3 is 12.1 Å². The highest BCUT2D eigenvalue weighted by molar-refractivity contribution is 5.98. The van der Waals surface area contributed by atoms with E-state index in [4.69, 9.17) is 4.74 Å².